The molecule has 1 aliphatic carbocycles. The highest BCUT2D eigenvalue weighted by molar-refractivity contribution is 5.78. The Labute approximate surface area is 118 Å². The highest BCUT2D eigenvalue weighted by atomic mass is 16.1. The lowest BCUT2D eigenvalue weighted by Crippen LogP contribution is -2.50. The Hall–Kier alpha value is -0.570. The minimum Gasteiger partial charge on any atom is -0.354 e. The van der Waals surface area contributed by atoms with E-state index in [2.05, 4.69) is 26.1 Å². The van der Waals surface area contributed by atoms with E-state index in [-0.39, 0.29) is 17.4 Å². The Morgan fingerprint density at radius 3 is 2.32 bits per heavy atom. The zero-order valence-electron chi connectivity index (χ0n) is 13.0. The van der Waals surface area contributed by atoms with Gasteiger partial charge in [-0.3, -0.25) is 4.79 Å². The van der Waals surface area contributed by atoms with Crippen LogP contribution in [0.4, 0.5) is 0 Å². The van der Waals surface area contributed by atoms with Gasteiger partial charge in [-0.05, 0) is 31.6 Å². The molecule has 0 aromatic carbocycles. The van der Waals surface area contributed by atoms with Gasteiger partial charge in [-0.15, -0.1) is 0 Å². The predicted octanol–water partition coefficient (Wildman–Crippen LogP) is 3.23. The highest BCUT2D eigenvalue weighted by Crippen LogP contribution is 2.31. The molecule has 1 rings (SSSR count). The van der Waals surface area contributed by atoms with Crippen LogP contribution in [0.1, 0.15) is 72.1 Å². The van der Waals surface area contributed by atoms with Crippen molar-refractivity contribution in [3.63, 3.8) is 0 Å². The first-order valence-corrected chi connectivity index (χ1v) is 8.11. The summed E-state index contributed by atoms with van der Waals surface area (Å²) in [5, 5.41) is 3.09. The van der Waals surface area contributed by atoms with Crippen LogP contribution in [0.5, 0.6) is 0 Å². The molecule has 1 unspecified atom stereocenters. The van der Waals surface area contributed by atoms with Crippen LogP contribution in [0.3, 0.4) is 0 Å². The van der Waals surface area contributed by atoms with Crippen molar-refractivity contribution in [1.29, 1.82) is 0 Å². The smallest absolute Gasteiger partial charge is 0.223 e. The third kappa shape index (κ3) is 5.13. The molecule has 0 aliphatic heterocycles. The maximum absolute atomic E-state index is 12.3. The van der Waals surface area contributed by atoms with Gasteiger partial charge in [-0.2, -0.15) is 0 Å². The number of nitrogens with one attached hydrogen (secondary N) is 1. The van der Waals surface area contributed by atoms with Crippen LogP contribution in [0, 0.1) is 11.8 Å². The van der Waals surface area contributed by atoms with E-state index < -0.39 is 0 Å². The lowest BCUT2D eigenvalue weighted by molar-refractivity contribution is -0.126. The van der Waals surface area contributed by atoms with Gasteiger partial charge >= 0.3 is 0 Å². The molecule has 0 saturated heterocycles. The fraction of sp³-hybridized carbons (Fsp3) is 0.938. The van der Waals surface area contributed by atoms with Crippen LogP contribution in [0.15, 0.2) is 0 Å². The van der Waals surface area contributed by atoms with Gasteiger partial charge in [0.2, 0.25) is 5.91 Å². The summed E-state index contributed by atoms with van der Waals surface area (Å²) < 4.78 is 0. The molecule has 3 nitrogen and oxygen atoms in total. The molecule has 0 spiro atoms. The predicted molar refractivity (Wildman–Crippen MR) is 80.9 cm³/mol. The molecule has 0 heterocycles. The largest absolute Gasteiger partial charge is 0.354 e. The lowest BCUT2D eigenvalue weighted by Gasteiger charge is -2.28. The molecule has 0 radical (unpaired) electrons. The van der Waals surface area contributed by atoms with E-state index in [9.17, 15) is 4.79 Å². The van der Waals surface area contributed by atoms with E-state index in [0.29, 0.717) is 6.54 Å². The van der Waals surface area contributed by atoms with Crippen LogP contribution in [-0.4, -0.2) is 18.0 Å². The molecule has 112 valence electrons. The van der Waals surface area contributed by atoms with Crippen molar-refractivity contribution in [2.75, 3.05) is 6.54 Å². The Balaban J connectivity index is 2.40. The van der Waals surface area contributed by atoms with Crippen LogP contribution in [-0.2, 0) is 4.79 Å². The average molecular weight is 268 g/mol. The maximum Gasteiger partial charge on any atom is 0.223 e. The topological polar surface area (TPSA) is 55.1 Å². The first kappa shape index (κ1) is 16.5. The van der Waals surface area contributed by atoms with Gasteiger partial charge in [0.25, 0.3) is 0 Å². The van der Waals surface area contributed by atoms with Crippen molar-refractivity contribution < 1.29 is 4.79 Å². The molecule has 3 N–H and O–H groups in total. The van der Waals surface area contributed by atoms with Gasteiger partial charge in [0.05, 0.1) is 0 Å². The molecular weight excluding hydrogens is 236 g/mol. The summed E-state index contributed by atoms with van der Waals surface area (Å²) in [5.41, 5.74) is 6.00. The van der Waals surface area contributed by atoms with Crippen molar-refractivity contribution in [2.24, 2.45) is 17.6 Å². The van der Waals surface area contributed by atoms with E-state index in [0.717, 1.165) is 31.6 Å². The van der Waals surface area contributed by atoms with Crippen LogP contribution < -0.4 is 11.1 Å². The molecule has 19 heavy (non-hydrogen) atoms. The maximum atomic E-state index is 12.3. The number of amides is 1. The van der Waals surface area contributed by atoms with Crippen LogP contribution in [0.2, 0.25) is 0 Å². The summed E-state index contributed by atoms with van der Waals surface area (Å²) in [6, 6.07) is 0. The zero-order chi connectivity index (χ0) is 14.3. The Bertz CT molecular complexity index is 268. The number of nitrogens with two attached hydrogens (primary N) is 1. The number of carbonyl (C=O) groups is 1. The minimum absolute atomic E-state index is 0.182. The molecule has 3 heteroatoms. The van der Waals surface area contributed by atoms with Gasteiger partial charge in [0.15, 0.2) is 0 Å². The van der Waals surface area contributed by atoms with Crippen LogP contribution in [0.25, 0.3) is 0 Å². The van der Waals surface area contributed by atoms with Gasteiger partial charge in [-0.1, -0.05) is 46.5 Å². The van der Waals surface area contributed by atoms with Crippen molar-refractivity contribution in [1.82, 2.24) is 5.32 Å². The third-order valence-electron chi connectivity index (χ3n) is 4.98. The SMILES string of the molecule is CCC(CC1CCCC1)C(=O)NCC(N)(CC)CC. The monoisotopic (exact) mass is 268 g/mol. The van der Waals surface area contributed by atoms with Crippen molar-refractivity contribution in [3.8, 4) is 0 Å². The fourth-order valence-corrected chi connectivity index (χ4v) is 3.02. The lowest BCUT2D eigenvalue weighted by atomic mass is 9.90. The molecule has 1 atom stereocenters. The van der Waals surface area contributed by atoms with Crippen molar-refractivity contribution >= 4 is 5.91 Å². The average Bonchev–Trinajstić information content (AvgIpc) is 2.94. The second-order valence-electron chi connectivity index (χ2n) is 6.28. The molecule has 1 saturated carbocycles. The van der Waals surface area contributed by atoms with Gasteiger partial charge in [0.1, 0.15) is 0 Å². The third-order valence-corrected chi connectivity index (χ3v) is 4.98. The summed E-state index contributed by atoms with van der Waals surface area (Å²) >= 11 is 0. The van der Waals surface area contributed by atoms with Gasteiger partial charge in [-0.25, -0.2) is 0 Å². The summed E-state index contributed by atoms with van der Waals surface area (Å²) in [4.78, 5) is 12.3. The molecule has 0 aromatic rings. The molecule has 1 aliphatic rings. The van der Waals surface area contributed by atoms with Crippen molar-refractivity contribution in [3.05, 3.63) is 0 Å². The Morgan fingerprint density at radius 1 is 1.26 bits per heavy atom. The summed E-state index contributed by atoms with van der Waals surface area (Å²) in [6.07, 6.45) is 9.15. The van der Waals surface area contributed by atoms with E-state index in [1.54, 1.807) is 0 Å². The van der Waals surface area contributed by atoms with Gasteiger partial charge < -0.3 is 11.1 Å². The normalized spacial score (nSPS) is 18.5. The summed E-state index contributed by atoms with van der Waals surface area (Å²) in [6.45, 7) is 6.91. The Kier molecular flexibility index (Phi) is 6.84. The van der Waals surface area contributed by atoms with E-state index in [1.807, 2.05) is 0 Å². The van der Waals surface area contributed by atoms with E-state index in [1.165, 1.54) is 25.7 Å². The number of carbonyl (C=O) groups excluding carboxylic acids is 1. The van der Waals surface area contributed by atoms with E-state index in [4.69, 9.17) is 5.73 Å². The van der Waals surface area contributed by atoms with E-state index >= 15 is 0 Å². The number of hydrogen-bond acceptors (Lipinski definition) is 2. The first-order valence-electron chi connectivity index (χ1n) is 8.11. The van der Waals surface area contributed by atoms with Crippen LogP contribution >= 0.6 is 0 Å². The molecule has 1 fully saturated rings. The second-order valence-corrected chi connectivity index (χ2v) is 6.28. The second kappa shape index (κ2) is 7.88. The highest BCUT2D eigenvalue weighted by Gasteiger charge is 2.26. The van der Waals surface area contributed by atoms with Gasteiger partial charge in [0, 0.05) is 18.0 Å². The molecule has 0 aromatic heterocycles. The zero-order valence-corrected chi connectivity index (χ0v) is 13.0. The minimum atomic E-state index is -0.235. The molecule has 0 bridgehead atoms. The Morgan fingerprint density at radius 2 is 1.84 bits per heavy atom. The fourth-order valence-electron chi connectivity index (χ4n) is 3.02. The number of hydrogen-bond donors (Lipinski definition) is 2. The first-order chi connectivity index (χ1) is 9.04. The van der Waals surface area contributed by atoms with Crippen molar-refractivity contribution in [2.45, 2.75) is 77.7 Å². The number of rotatable bonds is 8. The molecular formula is C16H32N2O. The summed E-state index contributed by atoms with van der Waals surface area (Å²) in [7, 11) is 0. The molecule has 1 amide bonds. The summed E-state index contributed by atoms with van der Waals surface area (Å²) in [5.74, 6) is 1.17. The standard InChI is InChI=1S/C16H32N2O/c1-4-14(11-13-9-7-8-10-13)15(19)18-12-16(17,5-2)6-3/h13-14H,4-12,17H2,1-3H3,(H,18,19). The quantitative estimate of drug-likeness (QED) is 0.710.